The number of hydrogen-bond donors (Lipinski definition) is 2. The molecule has 0 bridgehead atoms. The van der Waals surface area contributed by atoms with Crippen LogP contribution in [0.4, 0.5) is 10.1 Å². The molecule has 1 heterocycles. The quantitative estimate of drug-likeness (QED) is 0.571. The first-order valence-corrected chi connectivity index (χ1v) is 10.8. The molecule has 0 spiro atoms. The maximum atomic E-state index is 13.1. The Hall–Kier alpha value is -1.76. The average molecular weight is 404 g/mol. The smallest absolute Gasteiger partial charge is 0.123 e. The summed E-state index contributed by atoms with van der Waals surface area (Å²) in [7, 11) is 0. The molecule has 4 nitrogen and oxygen atoms in total. The van der Waals surface area contributed by atoms with Crippen molar-refractivity contribution in [2.75, 3.05) is 24.4 Å². The largest absolute Gasteiger partial charge is 0.490 e. The van der Waals surface area contributed by atoms with E-state index in [4.69, 9.17) is 4.74 Å². The van der Waals surface area contributed by atoms with Crippen molar-refractivity contribution in [3.8, 4) is 5.75 Å². The minimum atomic E-state index is -0.197. The molecule has 152 valence electrons. The van der Waals surface area contributed by atoms with E-state index in [0.717, 1.165) is 56.0 Å². The van der Waals surface area contributed by atoms with E-state index < -0.39 is 0 Å². The van der Waals surface area contributed by atoms with Crippen LogP contribution in [-0.2, 0) is 6.54 Å². The Kier molecular flexibility index (Phi) is 8.01. The summed E-state index contributed by atoms with van der Waals surface area (Å²) in [4.78, 5) is 0. The highest BCUT2D eigenvalue weighted by molar-refractivity contribution is 7.98. The summed E-state index contributed by atoms with van der Waals surface area (Å²) in [6, 6.07) is 14.9. The van der Waals surface area contributed by atoms with Gasteiger partial charge in [0.15, 0.2) is 0 Å². The molecule has 0 radical (unpaired) electrons. The predicted octanol–water partition coefficient (Wildman–Crippen LogP) is 5.09. The van der Waals surface area contributed by atoms with Gasteiger partial charge in [-0.1, -0.05) is 26.0 Å². The maximum Gasteiger partial charge on any atom is 0.123 e. The van der Waals surface area contributed by atoms with Gasteiger partial charge in [0.25, 0.3) is 0 Å². The van der Waals surface area contributed by atoms with Gasteiger partial charge in [0, 0.05) is 30.9 Å². The van der Waals surface area contributed by atoms with Crippen LogP contribution in [-0.4, -0.2) is 30.0 Å². The van der Waals surface area contributed by atoms with Crippen LogP contribution in [0.3, 0.4) is 0 Å². The molecule has 28 heavy (non-hydrogen) atoms. The van der Waals surface area contributed by atoms with Crippen molar-refractivity contribution >= 4 is 17.8 Å². The molecule has 0 aliphatic carbocycles. The van der Waals surface area contributed by atoms with Gasteiger partial charge in [0.1, 0.15) is 17.7 Å². The molecular weight excluding hydrogens is 373 g/mol. The van der Waals surface area contributed by atoms with E-state index >= 15 is 0 Å². The Balaban J connectivity index is 1.52. The number of nitrogens with zero attached hydrogens (tertiary/aromatic N) is 1. The van der Waals surface area contributed by atoms with Gasteiger partial charge in [-0.15, -0.1) is 0 Å². The summed E-state index contributed by atoms with van der Waals surface area (Å²) in [5.74, 6) is 1.26. The monoisotopic (exact) mass is 403 g/mol. The van der Waals surface area contributed by atoms with Crippen molar-refractivity contribution in [2.45, 2.75) is 39.3 Å². The zero-order valence-electron chi connectivity index (χ0n) is 16.7. The molecule has 0 amide bonds. The average Bonchev–Trinajstić information content (AvgIpc) is 2.69. The number of anilines is 1. The lowest BCUT2D eigenvalue weighted by atomic mass is 10.1. The second-order valence-electron chi connectivity index (χ2n) is 7.63. The third-order valence-electron chi connectivity index (χ3n) is 4.58. The highest BCUT2D eigenvalue weighted by atomic mass is 32.2. The lowest BCUT2D eigenvalue weighted by molar-refractivity contribution is 0.162. The molecule has 0 unspecified atom stereocenters. The number of halogens is 1. The molecule has 1 fully saturated rings. The van der Waals surface area contributed by atoms with E-state index in [1.807, 2.05) is 24.3 Å². The summed E-state index contributed by atoms with van der Waals surface area (Å²) >= 11 is 1.58. The van der Waals surface area contributed by atoms with E-state index in [0.29, 0.717) is 12.0 Å². The number of benzene rings is 2. The summed E-state index contributed by atoms with van der Waals surface area (Å²) in [6.45, 7) is 8.15. The molecule has 3 rings (SSSR count). The Bertz CT molecular complexity index is 703. The lowest BCUT2D eigenvalue weighted by Gasteiger charge is -2.24. The second-order valence-corrected chi connectivity index (χ2v) is 8.53. The highest BCUT2D eigenvalue weighted by Crippen LogP contribution is 2.24. The first-order chi connectivity index (χ1) is 13.6. The first kappa shape index (κ1) is 21.0. The van der Waals surface area contributed by atoms with Crippen molar-refractivity contribution in [2.24, 2.45) is 5.92 Å². The van der Waals surface area contributed by atoms with Gasteiger partial charge < -0.3 is 14.8 Å². The molecule has 6 heteroatoms. The van der Waals surface area contributed by atoms with Crippen molar-refractivity contribution in [1.82, 2.24) is 9.62 Å². The zero-order chi connectivity index (χ0) is 19.8. The fourth-order valence-corrected chi connectivity index (χ4v) is 4.12. The fraction of sp³-hybridized carbons (Fsp3) is 0.455. The number of piperidine rings is 1. The molecule has 0 atom stereocenters. The molecular formula is C22H30FN3OS. The van der Waals surface area contributed by atoms with Gasteiger partial charge in [0.2, 0.25) is 0 Å². The van der Waals surface area contributed by atoms with Crippen LogP contribution in [0.1, 0.15) is 32.3 Å². The van der Waals surface area contributed by atoms with Crippen LogP contribution < -0.4 is 14.8 Å². The Labute approximate surface area is 172 Å². The standard InChI is InChI=1S/C22H30FN3OS/c1-17(2)15-26(16-18-3-5-19(23)6-4-18)28-25-20-7-9-21(10-8-20)27-22-11-13-24-14-12-22/h3-10,17,22,24-25H,11-16H2,1-2H3. The SMILES string of the molecule is CC(C)CN(Cc1ccc(F)cc1)SNc1ccc(OC2CCNCC2)cc1. The molecule has 1 aliphatic rings. The van der Waals surface area contributed by atoms with Crippen molar-refractivity contribution in [1.29, 1.82) is 0 Å². The molecule has 0 saturated carbocycles. The fourth-order valence-electron chi connectivity index (χ4n) is 3.16. The van der Waals surface area contributed by atoms with E-state index in [1.54, 1.807) is 12.1 Å². The summed E-state index contributed by atoms with van der Waals surface area (Å²) in [5.41, 5.74) is 2.14. The third kappa shape index (κ3) is 7.00. The van der Waals surface area contributed by atoms with Crippen molar-refractivity contribution in [3.63, 3.8) is 0 Å². The molecule has 2 aromatic rings. The lowest BCUT2D eigenvalue weighted by Crippen LogP contribution is -2.34. The Morgan fingerprint density at radius 1 is 1.11 bits per heavy atom. The first-order valence-electron chi connectivity index (χ1n) is 9.98. The summed E-state index contributed by atoms with van der Waals surface area (Å²) in [6.07, 6.45) is 2.43. The summed E-state index contributed by atoms with van der Waals surface area (Å²) in [5, 5.41) is 3.35. The minimum Gasteiger partial charge on any atom is -0.490 e. The molecule has 2 aromatic carbocycles. The van der Waals surface area contributed by atoms with Crippen molar-refractivity contribution in [3.05, 3.63) is 59.9 Å². The van der Waals surface area contributed by atoms with Crippen LogP contribution >= 0.6 is 12.1 Å². The van der Waals surface area contributed by atoms with Gasteiger partial charge in [-0.25, -0.2) is 8.70 Å². The number of nitrogens with one attached hydrogen (secondary N) is 2. The predicted molar refractivity (Wildman–Crippen MR) is 116 cm³/mol. The molecule has 1 saturated heterocycles. The third-order valence-corrected chi connectivity index (χ3v) is 5.44. The zero-order valence-corrected chi connectivity index (χ0v) is 17.5. The van der Waals surface area contributed by atoms with Crippen LogP contribution in [0, 0.1) is 11.7 Å². The van der Waals surface area contributed by atoms with Crippen LogP contribution in [0.15, 0.2) is 48.5 Å². The number of ether oxygens (including phenoxy) is 1. The molecule has 0 aromatic heterocycles. The van der Waals surface area contributed by atoms with Gasteiger partial charge in [0.05, 0.1) is 0 Å². The van der Waals surface area contributed by atoms with Crippen LogP contribution in [0.5, 0.6) is 5.75 Å². The highest BCUT2D eigenvalue weighted by Gasteiger charge is 2.14. The van der Waals surface area contributed by atoms with E-state index in [1.165, 1.54) is 12.1 Å². The van der Waals surface area contributed by atoms with Crippen LogP contribution in [0.25, 0.3) is 0 Å². The van der Waals surface area contributed by atoms with Gasteiger partial charge >= 0.3 is 0 Å². The van der Waals surface area contributed by atoms with E-state index in [-0.39, 0.29) is 5.82 Å². The van der Waals surface area contributed by atoms with E-state index in [2.05, 4.69) is 40.3 Å². The maximum absolute atomic E-state index is 13.1. The topological polar surface area (TPSA) is 36.5 Å². The van der Waals surface area contributed by atoms with Gasteiger partial charge in [-0.2, -0.15) is 0 Å². The van der Waals surface area contributed by atoms with Gasteiger partial charge in [-0.3, -0.25) is 0 Å². The summed E-state index contributed by atoms with van der Waals surface area (Å²) < 4.78 is 24.9. The second kappa shape index (κ2) is 10.7. The minimum absolute atomic E-state index is 0.197. The molecule has 2 N–H and O–H groups in total. The van der Waals surface area contributed by atoms with E-state index in [9.17, 15) is 4.39 Å². The number of rotatable bonds is 9. The Morgan fingerprint density at radius 3 is 2.43 bits per heavy atom. The normalized spacial score (nSPS) is 15.2. The van der Waals surface area contributed by atoms with Crippen LogP contribution in [0.2, 0.25) is 0 Å². The molecule has 1 aliphatic heterocycles. The van der Waals surface area contributed by atoms with Gasteiger partial charge in [-0.05, 0) is 73.8 Å². The number of hydrogen-bond acceptors (Lipinski definition) is 5. The Morgan fingerprint density at radius 2 is 1.79 bits per heavy atom. The van der Waals surface area contributed by atoms with Crippen molar-refractivity contribution < 1.29 is 9.13 Å².